The fourth-order valence-corrected chi connectivity index (χ4v) is 3.04. The van der Waals surface area contributed by atoms with E-state index in [1.807, 2.05) is 18.4 Å². The van der Waals surface area contributed by atoms with Crippen LogP contribution in [0.3, 0.4) is 0 Å². The first-order chi connectivity index (χ1) is 8.25. The Morgan fingerprint density at radius 3 is 2.88 bits per heavy atom. The van der Waals surface area contributed by atoms with Crippen molar-refractivity contribution in [1.82, 2.24) is 9.97 Å². The standard InChI is InChI=1S/C13H13N3S/c1-9-11(10-4-2-7-17-10)16-12(15-9)13(8-14)5-3-6-13/h2,4,7H,3,5-6H2,1H3,(H,15,16). The van der Waals surface area contributed by atoms with Gasteiger partial charge in [-0.05, 0) is 37.6 Å². The Kier molecular flexibility index (Phi) is 2.30. The first-order valence-corrected chi connectivity index (χ1v) is 6.65. The summed E-state index contributed by atoms with van der Waals surface area (Å²) in [5, 5.41) is 11.4. The second-order valence-corrected chi connectivity index (χ2v) is 5.53. The summed E-state index contributed by atoms with van der Waals surface area (Å²) in [6.07, 6.45) is 2.99. The maximum atomic E-state index is 9.31. The summed E-state index contributed by atoms with van der Waals surface area (Å²) in [7, 11) is 0. The van der Waals surface area contributed by atoms with Crippen LogP contribution in [-0.2, 0) is 5.41 Å². The minimum atomic E-state index is -0.347. The van der Waals surface area contributed by atoms with Crippen LogP contribution >= 0.6 is 11.3 Å². The van der Waals surface area contributed by atoms with Gasteiger partial charge in [-0.3, -0.25) is 0 Å². The molecule has 3 rings (SSSR count). The number of nitrogens with one attached hydrogen (secondary N) is 1. The van der Waals surface area contributed by atoms with Gasteiger partial charge in [-0.1, -0.05) is 6.07 Å². The van der Waals surface area contributed by atoms with E-state index >= 15 is 0 Å². The average molecular weight is 243 g/mol. The molecule has 4 heteroatoms. The molecule has 2 aromatic rings. The van der Waals surface area contributed by atoms with Crippen molar-refractivity contribution in [2.75, 3.05) is 0 Å². The largest absolute Gasteiger partial charge is 0.344 e. The van der Waals surface area contributed by atoms with E-state index in [0.29, 0.717) is 0 Å². The number of aromatic amines is 1. The summed E-state index contributed by atoms with van der Waals surface area (Å²) in [6.45, 7) is 2.02. The van der Waals surface area contributed by atoms with Crippen molar-refractivity contribution >= 4 is 11.3 Å². The van der Waals surface area contributed by atoms with E-state index in [9.17, 15) is 5.26 Å². The second kappa shape index (κ2) is 3.71. The van der Waals surface area contributed by atoms with Crippen molar-refractivity contribution in [2.45, 2.75) is 31.6 Å². The van der Waals surface area contributed by atoms with Gasteiger partial charge in [0.1, 0.15) is 16.9 Å². The molecule has 1 saturated carbocycles. The van der Waals surface area contributed by atoms with E-state index < -0.39 is 0 Å². The number of H-pyrrole nitrogens is 1. The lowest BCUT2D eigenvalue weighted by Gasteiger charge is -2.32. The van der Waals surface area contributed by atoms with E-state index in [4.69, 9.17) is 0 Å². The van der Waals surface area contributed by atoms with Crippen LogP contribution in [0.15, 0.2) is 17.5 Å². The van der Waals surface area contributed by atoms with Crippen molar-refractivity contribution in [3.8, 4) is 16.6 Å². The molecule has 0 atom stereocenters. The van der Waals surface area contributed by atoms with Crippen molar-refractivity contribution in [3.63, 3.8) is 0 Å². The number of nitrogens with zero attached hydrogens (tertiary/aromatic N) is 2. The summed E-state index contributed by atoms with van der Waals surface area (Å²) in [5.74, 6) is 0.854. The number of hydrogen-bond donors (Lipinski definition) is 1. The van der Waals surface area contributed by atoms with Gasteiger partial charge in [0, 0.05) is 5.69 Å². The minimum Gasteiger partial charge on any atom is -0.344 e. The van der Waals surface area contributed by atoms with E-state index in [-0.39, 0.29) is 5.41 Å². The zero-order chi connectivity index (χ0) is 11.9. The third-order valence-corrected chi connectivity index (χ3v) is 4.39. The van der Waals surface area contributed by atoms with Gasteiger partial charge in [-0.2, -0.15) is 5.26 Å². The van der Waals surface area contributed by atoms with Crippen LogP contribution in [0, 0.1) is 18.3 Å². The summed E-state index contributed by atoms with van der Waals surface area (Å²) < 4.78 is 0. The SMILES string of the molecule is Cc1[nH]c(C2(C#N)CCC2)nc1-c1cccs1. The Morgan fingerprint density at radius 1 is 1.53 bits per heavy atom. The number of imidazole rings is 1. The third kappa shape index (κ3) is 1.50. The monoisotopic (exact) mass is 243 g/mol. The molecule has 0 saturated heterocycles. The maximum absolute atomic E-state index is 9.31. The van der Waals surface area contributed by atoms with Crippen LogP contribution in [0.5, 0.6) is 0 Å². The smallest absolute Gasteiger partial charge is 0.127 e. The zero-order valence-corrected chi connectivity index (χ0v) is 10.5. The Hall–Kier alpha value is -1.60. The normalized spacial score (nSPS) is 17.4. The van der Waals surface area contributed by atoms with Crippen LogP contribution in [0.1, 0.15) is 30.8 Å². The summed E-state index contributed by atoms with van der Waals surface area (Å²) >= 11 is 1.68. The van der Waals surface area contributed by atoms with Crippen LogP contribution in [0.2, 0.25) is 0 Å². The van der Waals surface area contributed by atoms with Gasteiger partial charge in [0.05, 0.1) is 10.9 Å². The molecule has 2 aromatic heterocycles. The lowest BCUT2D eigenvalue weighted by molar-refractivity contribution is 0.309. The first-order valence-electron chi connectivity index (χ1n) is 5.77. The summed E-state index contributed by atoms with van der Waals surface area (Å²) in [4.78, 5) is 9.11. The van der Waals surface area contributed by atoms with Crippen LogP contribution in [0.4, 0.5) is 0 Å². The molecule has 0 unspecified atom stereocenters. The molecule has 0 radical (unpaired) electrons. The minimum absolute atomic E-state index is 0.347. The van der Waals surface area contributed by atoms with Gasteiger partial charge in [0.15, 0.2) is 0 Å². The molecule has 0 amide bonds. The van der Waals surface area contributed by atoms with E-state index in [1.54, 1.807) is 11.3 Å². The highest BCUT2D eigenvalue weighted by Crippen LogP contribution is 2.42. The van der Waals surface area contributed by atoms with E-state index in [2.05, 4.69) is 22.1 Å². The van der Waals surface area contributed by atoms with Crippen LogP contribution < -0.4 is 0 Å². The Morgan fingerprint density at radius 2 is 2.35 bits per heavy atom. The fourth-order valence-electron chi connectivity index (χ4n) is 2.27. The molecule has 86 valence electrons. The van der Waals surface area contributed by atoms with Crippen molar-refractivity contribution < 1.29 is 0 Å². The molecule has 17 heavy (non-hydrogen) atoms. The molecule has 0 aliphatic heterocycles. The number of aryl methyl sites for hydroxylation is 1. The molecular weight excluding hydrogens is 230 g/mol. The molecule has 0 spiro atoms. The predicted molar refractivity (Wildman–Crippen MR) is 67.8 cm³/mol. The van der Waals surface area contributed by atoms with Crippen LogP contribution in [0.25, 0.3) is 10.6 Å². The second-order valence-electron chi connectivity index (χ2n) is 4.58. The molecule has 0 bridgehead atoms. The highest BCUT2D eigenvalue weighted by atomic mass is 32.1. The van der Waals surface area contributed by atoms with Crippen molar-refractivity contribution in [1.29, 1.82) is 5.26 Å². The number of aromatic nitrogens is 2. The number of rotatable bonds is 2. The lowest BCUT2D eigenvalue weighted by atomic mass is 9.69. The Balaban J connectivity index is 2.05. The maximum Gasteiger partial charge on any atom is 0.127 e. The average Bonchev–Trinajstić information content (AvgIpc) is 2.86. The topological polar surface area (TPSA) is 52.5 Å². The molecule has 2 heterocycles. The van der Waals surface area contributed by atoms with Crippen molar-refractivity contribution in [3.05, 3.63) is 29.0 Å². The zero-order valence-electron chi connectivity index (χ0n) is 9.66. The quantitative estimate of drug-likeness (QED) is 0.879. The van der Waals surface area contributed by atoms with Gasteiger partial charge in [0.2, 0.25) is 0 Å². The first kappa shape index (κ1) is 10.5. The third-order valence-electron chi connectivity index (χ3n) is 3.51. The van der Waals surface area contributed by atoms with Crippen molar-refractivity contribution in [2.24, 2.45) is 0 Å². The Labute approximate surface area is 104 Å². The lowest BCUT2D eigenvalue weighted by Crippen LogP contribution is -2.33. The van der Waals surface area contributed by atoms with Crippen LogP contribution in [-0.4, -0.2) is 9.97 Å². The van der Waals surface area contributed by atoms with Gasteiger partial charge < -0.3 is 4.98 Å². The molecule has 1 aliphatic rings. The summed E-state index contributed by atoms with van der Waals surface area (Å²) in [6, 6.07) is 6.52. The fraction of sp³-hybridized carbons (Fsp3) is 0.385. The van der Waals surface area contributed by atoms with Gasteiger partial charge in [-0.15, -0.1) is 11.3 Å². The molecule has 3 nitrogen and oxygen atoms in total. The van der Waals surface area contributed by atoms with Gasteiger partial charge in [-0.25, -0.2) is 4.98 Å². The van der Waals surface area contributed by atoms with E-state index in [1.165, 1.54) is 0 Å². The number of thiophene rings is 1. The Bertz CT molecular complexity index is 570. The predicted octanol–water partition coefficient (Wildman–Crippen LogP) is 3.39. The highest BCUT2D eigenvalue weighted by molar-refractivity contribution is 7.13. The molecule has 1 aliphatic carbocycles. The molecular formula is C13H13N3S. The molecule has 1 N–H and O–H groups in total. The summed E-state index contributed by atoms with van der Waals surface area (Å²) in [5.41, 5.74) is 1.71. The molecule has 0 aromatic carbocycles. The number of hydrogen-bond acceptors (Lipinski definition) is 3. The highest BCUT2D eigenvalue weighted by Gasteiger charge is 2.42. The molecule has 1 fully saturated rings. The number of nitriles is 1. The van der Waals surface area contributed by atoms with E-state index in [0.717, 1.165) is 41.4 Å². The van der Waals surface area contributed by atoms with Gasteiger partial charge in [0.25, 0.3) is 0 Å². The van der Waals surface area contributed by atoms with Gasteiger partial charge >= 0.3 is 0 Å².